The van der Waals surface area contributed by atoms with Gasteiger partial charge in [-0.25, -0.2) is 0 Å². The third-order valence-electron chi connectivity index (χ3n) is 6.25. The molecule has 4 atom stereocenters. The zero-order valence-corrected chi connectivity index (χ0v) is 20.9. The van der Waals surface area contributed by atoms with Gasteiger partial charge >= 0.3 is 37.9 Å². The molecule has 3 heteroatoms. The summed E-state index contributed by atoms with van der Waals surface area (Å²) in [6, 6.07) is 0. The van der Waals surface area contributed by atoms with Gasteiger partial charge < -0.3 is 14.9 Å². The van der Waals surface area contributed by atoms with Gasteiger partial charge in [-0.3, -0.25) is 0 Å². The minimum atomic E-state index is -0.826. The first kappa shape index (κ1) is 27.7. The summed E-state index contributed by atoms with van der Waals surface area (Å²) < 4.78 is 0. The van der Waals surface area contributed by atoms with Crippen molar-refractivity contribution >= 4 is 17.0 Å². The molecule has 0 bridgehead atoms. The average Bonchev–Trinajstić information content (AvgIpc) is 3.11. The van der Waals surface area contributed by atoms with Crippen LogP contribution in [0.1, 0.15) is 91.4 Å². The predicted molar refractivity (Wildman–Crippen MR) is 110 cm³/mol. The molecule has 0 spiro atoms. The summed E-state index contributed by atoms with van der Waals surface area (Å²) in [5.74, 6) is 5.41. The van der Waals surface area contributed by atoms with E-state index in [1.165, 1.54) is 70.6 Å². The van der Waals surface area contributed by atoms with Crippen molar-refractivity contribution in [2.24, 2.45) is 29.6 Å². The first-order chi connectivity index (χ1) is 10.6. The quantitative estimate of drug-likeness (QED) is 0.364. The normalized spacial score (nSPS) is 31.0. The fraction of sp³-hybridized carbons (Fsp3) is 0.905. The van der Waals surface area contributed by atoms with Crippen LogP contribution in [0.15, 0.2) is 0 Å². The molecule has 3 aliphatic rings. The Morgan fingerprint density at radius 3 is 1.54 bits per heavy atom. The van der Waals surface area contributed by atoms with E-state index in [-0.39, 0.29) is 14.9 Å². The Morgan fingerprint density at radius 2 is 1.17 bits per heavy atom. The van der Waals surface area contributed by atoms with Crippen LogP contribution in [0, 0.1) is 44.4 Å². The number of fused-ring (bicyclic) bond motifs is 1. The van der Waals surface area contributed by atoms with Crippen molar-refractivity contribution < 1.29 is 20.8 Å². The van der Waals surface area contributed by atoms with Gasteiger partial charge in [0.1, 0.15) is 0 Å². The van der Waals surface area contributed by atoms with Crippen LogP contribution in [0.4, 0.5) is 0 Å². The van der Waals surface area contributed by atoms with E-state index in [0.29, 0.717) is 0 Å². The topological polar surface area (TPSA) is 0 Å². The molecular weight excluding hydrogens is 414 g/mol. The second-order valence-corrected chi connectivity index (χ2v) is 11.5. The van der Waals surface area contributed by atoms with Crippen molar-refractivity contribution in [1.82, 2.24) is 0 Å². The third-order valence-corrected chi connectivity index (χ3v) is 6.25. The summed E-state index contributed by atoms with van der Waals surface area (Å²) in [6.45, 7) is 7.22. The van der Waals surface area contributed by atoms with Crippen LogP contribution in [0.2, 0.25) is 0 Å². The molecule has 0 heterocycles. The van der Waals surface area contributed by atoms with Crippen LogP contribution in [-0.2, 0) is 20.8 Å². The summed E-state index contributed by atoms with van der Waals surface area (Å²) in [6.07, 6.45) is 16.5. The molecule has 24 heavy (non-hydrogen) atoms. The van der Waals surface area contributed by atoms with Crippen molar-refractivity contribution in [2.45, 2.75) is 91.4 Å². The van der Waals surface area contributed by atoms with Gasteiger partial charge in [0.2, 0.25) is 0 Å². The fourth-order valence-electron chi connectivity index (χ4n) is 5.24. The first-order valence-corrected chi connectivity index (χ1v) is 15.9. The molecule has 4 unspecified atom stereocenters. The number of rotatable bonds is 2. The van der Waals surface area contributed by atoms with Crippen molar-refractivity contribution in [3.8, 4) is 0 Å². The van der Waals surface area contributed by atoms with E-state index in [1.807, 2.05) is 0 Å². The van der Waals surface area contributed by atoms with Crippen molar-refractivity contribution in [3.05, 3.63) is 14.9 Å². The number of halogens is 2. The molecule has 3 saturated carbocycles. The van der Waals surface area contributed by atoms with Gasteiger partial charge in [-0.15, -0.1) is 0 Å². The molecule has 3 aliphatic carbocycles. The van der Waals surface area contributed by atoms with E-state index >= 15 is 0 Å². The molecule has 0 aromatic rings. The Kier molecular flexibility index (Phi) is 19.2. The average molecular weight is 457 g/mol. The molecule has 0 nitrogen and oxygen atoms in total. The number of hydrogen-bond acceptors (Lipinski definition) is 0. The van der Waals surface area contributed by atoms with E-state index < -0.39 is 20.8 Å². The van der Waals surface area contributed by atoms with Crippen LogP contribution in [-0.4, -0.2) is 0 Å². The van der Waals surface area contributed by atoms with E-state index in [2.05, 4.69) is 20.8 Å². The molecule has 0 aromatic heterocycles. The van der Waals surface area contributed by atoms with Crippen LogP contribution in [0.3, 0.4) is 0 Å². The number of hydrogen-bond donors (Lipinski definition) is 0. The molecule has 0 amide bonds. The predicted octanol–water partition coefficient (Wildman–Crippen LogP) is 8.72. The molecule has 0 aliphatic heterocycles. The van der Waals surface area contributed by atoms with Gasteiger partial charge in [-0.1, -0.05) is 72.1 Å². The van der Waals surface area contributed by atoms with Crippen LogP contribution in [0.25, 0.3) is 0 Å². The molecule has 0 aromatic carbocycles. The zero-order chi connectivity index (χ0) is 16.4. The van der Waals surface area contributed by atoms with Gasteiger partial charge in [-0.05, 0) is 48.9 Å². The second kappa shape index (κ2) is 16.6. The summed E-state index contributed by atoms with van der Waals surface area (Å²) in [7, 11) is 9.87. The Morgan fingerprint density at radius 1 is 0.792 bits per heavy atom. The van der Waals surface area contributed by atoms with Gasteiger partial charge in [0.25, 0.3) is 0 Å². The van der Waals surface area contributed by atoms with Crippen LogP contribution < -0.4 is 0 Å². The molecule has 0 radical (unpaired) electrons. The van der Waals surface area contributed by atoms with Gasteiger partial charge in [0, 0.05) is 0 Å². The minimum absolute atomic E-state index is 0. The molecule has 144 valence electrons. The molecule has 3 fully saturated rings. The Labute approximate surface area is 172 Å². The summed E-state index contributed by atoms with van der Waals surface area (Å²) in [4.78, 5) is 0. The second-order valence-electron chi connectivity index (χ2n) is 7.81. The third kappa shape index (κ3) is 9.97. The van der Waals surface area contributed by atoms with E-state index in [0.717, 1.165) is 29.6 Å². The Hall–Kier alpha value is 1.46. The maximum atomic E-state index is 4.93. The van der Waals surface area contributed by atoms with Gasteiger partial charge in [0.15, 0.2) is 0 Å². The van der Waals surface area contributed by atoms with Gasteiger partial charge in [0.05, 0.1) is 0 Å². The van der Waals surface area contributed by atoms with Crippen molar-refractivity contribution in [1.29, 1.82) is 0 Å². The summed E-state index contributed by atoms with van der Waals surface area (Å²) in [5, 5.41) is 0. The molecule has 0 N–H and O–H groups in total. The maximum absolute atomic E-state index is 4.93. The summed E-state index contributed by atoms with van der Waals surface area (Å²) in [5.41, 5.74) is 0. The van der Waals surface area contributed by atoms with Crippen LogP contribution in [0.5, 0.6) is 0 Å². The van der Waals surface area contributed by atoms with Crippen molar-refractivity contribution in [2.75, 3.05) is 0 Å². The standard InChI is InChI=1S/C11H20.C8H16.2CH3.2ClH.Zr/c1-8-7-9(2)11-6-4-3-5-10(8)11;1-2-5-8-6-3-4-7-8;;;;;/h8-11H,3-7H2,1-2H3;8H,2-7H2,1H3;2*1H3;2*1H;/q;;2*-1;;;+4/p-2. The van der Waals surface area contributed by atoms with Crippen molar-refractivity contribution in [3.63, 3.8) is 0 Å². The monoisotopic (exact) mass is 454 g/mol. The van der Waals surface area contributed by atoms with E-state index in [1.54, 1.807) is 0 Å². The van der Waals surface area contributed by atoms with E-state index in [9.17, 15) is 0 Å². The van der Waals surface area contributed by atoms with Gasteiger partial charge in [-0.2, -0.15) is 0 Å². The Bertz CT molecular complexity index is 251. The fourth-order valence-corrected chi connectivity index (χ4v) is 5.24. The summed E-state index contributed by atoms with van der Waals surface area (Å²) >= 11 is -0.826. The first-order valence-electron chi connectivity index (χ1n) is 9.60. The molecule has 0 saturated heterocycles. The SMILES string of the molecule is CC1CC(C)C2CCCCC12.CCCC1CCCC1.[CH3-].[CH3-].[Cl][Zr+2][Cl]. The zero-order valence-electron chi connectivity index (χ0n) is 16.9. The van der Waals surface area contributed by atoms with E-state index in [4.69, 9.17) is 17.0 Å². The molecular formula is C21H42Cl2Zr. The Balaban J connectivity index is 0. The molecule has 3 rings (SSSR count). The van der Waals surface area contributed by atoms with Crippen LogP contribution >= 0.6 is 17.0 Å².